The Bertz CT molecular complexity index is 179. The lowest BCUT2D eigenvalue weighted by atomic mass is 10.2. The number of rotatable bonds is 4. The molecule has 1 unspecified atom stereocenters. The highest BCUT2D eigenvalue weighted by Crippen LogP contribution is 2.32. The Balaban J connectivity index is 1.88. The van der Waals surface area contributed by atoms with E-state index in [2.05, 4.69) is 12.3 Å². The maximum atomic E-state index is 11.2. The Labute approximate surface area is 67.5 Å². The quantitative estimate of drug-likeness (QED) is 0.428. The lowest BCUT2D eigenvalue weighted by Crippen LogP contribution is -1.74. The minimum atomic E-state index is 0.885. The molecule has 0 aromatic heterocycles. The first-order valence-electron chi connectivity index (χ1n) is 4.03. The molecular weight excluding hydrogens is 139 g/mol. The van der Waals surface area contributed by atoms with E-state index in [1.54, 1.807) is 6.08 Å². The van der Waals surface area contributed by atoms with E-state index in [1.807, 2.05) is 6.08 Å². The second-order valence-corrected chi connectivity index (χ2v) is 2.80. The average molecular weight is 151 g/mol. The first-order chi connectivity index (χ1) is 5.43. The number of hydrogen-bond acceptors (Lipinski definition) is 0. The van der Waals surface area contributed by atoms with Crippen LogP contribution in [-0.4, -0.2) is 0 Å². The van der Waals surface area contributed by atoms with E-state index in [0.29, 0.717) is 0 Å². The van der Waals surface area contributed by atoms with Crippen LogP contribution in [0.4, 0.5) is 4.39 Å². The van der Waals surface area contributed by atoms with Gasteiger partial charge in [0.1, 0.15) is 6.17 Å². The maximum absolute atomic E-state index is 11.2. The van der Waals surface area contributed by atoms with Gasteiger partial charge in [0, 0.05) is 0 Å². The Hall–Kier alpha value is -0.770. The van der Waals surface area contributed by atoms with Crippen molar-refractivity contribution in [2.45, 2.75) is 25.7 Å². The molecule has 0 heterocycles. The summed E-state index contributed by atoms with van der Waals surface area (Å²) in [7, 11) is 0. The number of hydrogen-bond donors (Lipinski definition) is 0. The van der Waals surface area contributed by atoms with E-state index in [9.17, 15) is 4.39 Å². The van der Waals surface area contributed by atoms with Crippen molar-refractivity contribution < 1.29 is 4.39 Å². The van der Waals surface area contributed by atoms with Crippen molar-refractivity contribution in [1.29, 1.82) is 0 Å². The SMILES string of the molecule is FC#CC=CCCCC1[CH]C1. The molecule has 1 aliphatic rings. The van der Waals surface area contributed by atoms with Gasteiger partial charge in [-0.1, -0.05) is 6.08 Å². The van der Waals surface area contributed by atoms with Crippen LogP contribution in [0.2, 0.25) is 0 Å². The topological polar surface area (TPSA) is 0 Å². The molecule has 0 bridgehead atoms. The van der Waals surface area contributed by atoms with Gasteiger partial charge in [0.2, 0.25) is 0 Å². The summed E-state index contributed by atoms with van der Waals surface area (Å²) in [6, 6.07) is 0. The van der Waals surface area contributed by atoms with Crippen LogP contribution >= 0.6 is 0 Å². The molecule has 1 aliphatic carbocycles. The molecule has 0 nitrogen and oxygen atoms in total. The normalized spacial score (nSPS) is 16.5. The van der Waals surface area contributed by atoms with Crippen LogP contribution in [0.15, 0.2) is 12.2 Å². The van der Waals surface area contributed by atoms with Crippen molar-refractivity contribution in [1.82, 2.24) is 0 Å². The Morgan fingerprint density at radius 3 is 3.09 bits per heavy atom. The molecule has 0 aromatic rings. The van der Waals surface area contributed by atoms with Crippen molar-refractivity contribution in [2.75, 3.05) is 0 Å². The molecule has 1 heteroatoms. The van der Waals surface area contributed by atoms with Crippen LogP contribution in [0.5, 0.6) is 0 Å². The van der Waals surface area contributed by atoms with Gasteiger partial charge >= 0.3 is 0 Å². The molecule has 1 radical (unpaired) electrons. The van der Waals surface area contributed by atoms with Crippen molar-refractivity contribution in [3.8, 4) is 12.1 Å². The van der Waals surface area contributed by atoms with Gasteiger partial charge in [0.15, 0.2) is 0 Å². The monoisotopic (exact) mass is 151 g/mol. The molecule has 1 rings (SSSR count). The third-order valence-electron chi connectivity index (χ3n) is 1.77. The number of allylic oxidation sites excluding steroid dienone is 2. The average Bonchev–Trinajstić information content (AvgIpc) is 2.80. The molecular formula is C10H12F. The molecule has 0 spiro atoms. The lowest BCUT2D eigenvalue weighted by molar-refractivity contribution is 0.691. The summed E-state index contributed by atoms with van der Waals surface area (Å²) in [5.41, 5.74) is 0. The largest absolute Gasteiger partial charge is 0.144 e. The molecule has 0 aliphatic heterocycles. The van der Waals surface area contributed by atoms with Crippen molar-refractivity contribution in [3.63, 3.8) is 0 Å². The van der Waals surface area contributed by atoms with Crippen molar-refractivity contribution in [3.05, 3.63) is 18.6 Å². The minimum Gasteiger partial charge on any atom is -0.144 e. The fourth-order valence-corrected chi connectivity index (χ4v) is 1.00. The first-order valence-corrected chi connectivity index (χ1v) is 4.03. The van der Waals surface area contributed by atoms with Crippen LogP contribution in [0.1, 0.15) is 25.7 Å². The van der Waals surface area contributed by atoms with Gasteiger partial charge < -0.3 is 0 Å². The van der Waals surface area contributed by atoms with Gasteiger partial charge in [-0.2, -0.15) is 0 Å². The van der Waals surface area contributed by atoms with E-state index in [0.717, 1.165) is 12.3 Å². The third kappa shape index (κ3) is 4.61. The zero-order valence-corrected chi connectivity index (χ0v) is 6.52. The van der Waals surface area contributed by atoms with Crippen LogP contribution in [0.3, 0.4) is 0 Å². The van der Waals surface area contributed by atoms with Crippen LogP contribution in [-0.2, 0) is 0 Å². The van der Waals surface area contributed by atoms with Crippen LogP contribution in [0.25, 0.3) is 0 Å². The van der Waals surface area contributed by atoms with Gasteiger partial charge in [0.25, 0.3) is 0 Å². The van der Waals surface area contributed by atoms with Crippen molar-refractivity contribution >= 4 is 0 Å². The van der Waals surface area contributed by atoms with Gasteiger partial charge in [0.05, 0.1) is 0 Å². The Morgan fingerprint density at radius 2 is 2.45 bits per heavy atom. The smallest absolute Gasteiger partial charge is 0.110 e. The van der Waals surface area contributed by atoms with E-state index in [-0.39, 0.29) is 0 Å². The second kappa shape index (κ2) is 4.96. The Kier molecular flexibility index (Phi) is 3.75. The van der Waals surface area contributed by atoms with Gasteiger partial charge in [-0.3, -0.25) is 0 Å². The van der Waals surface area contributed by atoms with Gasteiger partial charge in [-0.15, -0.1) is 4.39 Å². The fourth-order valence-electron chi connectivity index (χ4n) is 1.00. The summed E-state index contributed by atoms with van der Waals surface area (Å²) in [5.74, 6) is 3.13. The molecule has 59 valence electrons. The standard InChI is InChI=1S/C10H12F/c11-9-5-3-1-2-4-6-10-7-8-10/h1,3,7,10H,2,4,6,8H2. The molecule has 0 aromatic carbocycles. The molecule has 0 N–H and O–H groups in total. The van der Waals surface area contributed by atoms with Crippen LogP contribution in [0, 0.1) is 24.4 Å². The van der Waals surface area contributed by atoms with Crippen LogP contribution < -0.4 is 0 Å². The van der Waals surface area contributed by atoms with Crippen molar-refractivity contribution in [2.24, 2.45) is 5.92 Å². The highest BCUT2D eigenvalue weighted by atomic mass is 19.1. The summed E-state index contributed by atoms with van der Waals surface area (Å²) in [4.78, 5) is 0. The second-order valence-electron chi connectivity index (χ2n) is 2.80. The molecule has 0 amide bonds. The van der Waals surface area contributed by atoms with Gasteiger partial charge in [-0.05, 0) is 50.0 Å². The highest BCUT2D eigenvalue weighted by Gasteiger charge is 2.20. The summed E-state index contributed by atoms with van der Waals surface area (Å²) >= 11 is 0. The van der Waals surface area contributed by atoms with Gasteiger partial charge in [-0.25, -0.2) is 0 Å². The molecule has 1 atom stereocenters. The summed E-state index contributed by atoms with van der Waals surface area (Å²) in [5, 5.41) is 0. The minimum absolute atomic E-state index is 0.885. The molecule has 11 heavy (non-hydrogen) atoms. The molecule has 1 fully saturated rings. The zero-order valence-electron chi connectivity index (χ0n) is 6.52. The van der Waals surface area contributed by atoms with E-state index >= 15 is 0 Å². The zero-order chi connectivity index (χ0) is 7.94. The first kappa shape index (κ1) is 8.33. The predicted octanol–water partition coefficient (Wildman–Crippen LogP) is 2.87. The molecule has 1 saturated carbocycles. The molecule has 0 saturated heterocycles. The third-order valence-corrected chi connectivity index (χ3v) is 1.77. The highest BCUT2D eigenvalue weighted by molar-refractivity contribution is 5.11. The van der Waals surface area contributed by atoms with E-state index in [4.69, 9.17) is 0 Å². The summed E-state index contributed by atoms with van der Waals surface area (Å²) in [6.45, 7) is 0. The predicted molar refractivity (Wildman–Crippen MR) is 44.3 cm³/mol. The summed E-state index contributed by atoms with van der Waals surface area (Å²) in [6.07, 6.45) is 12.0. The maximum Gasteiger partial charge on any atom is 0.110 e. The lowest BCUT2D eigenvalue weighted by Gasteiger charge is -1.90. The number of halogens is 1. The number of unbranched alkanes of at least 4 members (excludes halogenated alkanes) is 1. The fraction of sp³-hybridized carbons (Fsp3) is 0.500. The Morgan fingerprint density at radius 1 is 1.64 bits per heavy atom. The van der Waals surface area contributed by atoms with E-state index < -0.39 is 0 Å². The summed E-state index contributed by atoms with van der Waals surface area (Å²) < 4.78 is 11.2. The van der Waals surface area contributed by atoms with E-state index in [1.165, 1.54) is 25.4 Å².